The highest BCUT2D eigenvalue weighted by molar-refractivity contribution is 9.10. The van der Waals surface area contributed by atoms with Gasteiger partial charge < -0.3 is 15.7 Å². The van der Waals surface area contributed by atoms with Gasteiger partial charge in [0.15, 0.2) is 0 Å². The first-order valence-corrected chi connectivity index (χ1v) is 6.53. The summed E-state index contributed by atoms with van der Waals surface area (Å²) in [5, 5.41) is 15.6. The molecule has 2 unspecified atom stereocenters. The lowest BCUT2D eigenvalue weighted by molar-refractivity contribution is 0.179. The Hall–Kier alpha value is -0.880. The van der Waals surface area contributed by atoms with Crippen molar-refractivity contribution in [1.82, 2.24) is 9.97 Å². The molecule has 2 atom stereocenters. The smallest absolute Gasteiger partial charge is 0.224 e. The summed E-state index contributed by atoms with van der Waals surface area (Å²) in [6.45, 7) is 6.56. The Kier molecular flexibility index (Phi) is 5.64. The van der Waals surface area contributed by atoms with Gasteiger partial charge in [0, 0.05) is 18.8 Å². The standard InChI is InChI=1S/C11H19BrN4O/c1-4-13-11-14-6-9(12)10(16-11)15-7(2)5-8(3)17/h6-8,17H,4-5H2,1-3H3,(H2,13,14,15,16). The van der Waals surface area contributed by atoms with Crippen LogP contribution in [0.15, 0.2) is 10.7 Å². The molecule has 1 heterocycles. The Morgan fingerprint density at radius 1 is 1.47 bits per heavy atom. The average molecular weight is 303 g/mol. The summed E-state index contributed by atoms with van der Waals surface area (Å²) in [7, 11) is 0. The van der Waals surface area contributed by atoms with Gasteiger partial charge in [0.05, 0.1) is 10.6 Å². The summed E-state index contributed by atoms with van der Waals surface area (Å²) >= 11 is 3.40. The molecule has 6 heteroatoms. The van der Waals surface area contributed by atoms with Crippen molar-refractivity contribution in [2.24, 2.45) is 0 Å². The fourth-order valence-electron chi connectivity index (χ4n) is 1.52. The van der Waals surface area contributed by atoms with Crippen molar-refractivity contribution in [2.75, 3.05) is 17.2 Å². The van der Waals surface area contributed by atoms with E-state index in [1.807, 2.05) is 13.8 Å². The Morgan fingerprint density at radius 3 is 2.76 bits per heavy atom. The van der Waals surface area contributed by atoms with Crippen LogP contribution >= 0.6 is 15.9 Å². The van der Waals surface area contributed by atoms with Gasteiger partial charge in [-0.15, -0.1) is 0 Å². The molecule has 3 N–H and O–H groups in total. The second-order valence-corrected chi connectivity index (χ2v) is 4.90. The second kappa shape index (κ2) is 6.76. The fraction of sp³-hybridized carbons (Fsp3) is 0.636. The number of anilines is 2. The van der Waals surface area contributed by atoms with Gasteiger partial charge in [-0.2, -0.15) is 4.98 Å². The van der Waals surface area contributed by atoms with Gasteiger partial charge in [0.25, 0.3) is 0 Å². The Bertz CT molecular complexity index is 359. The highest BCUT2D eigenvalue weighted by Crippen LogP contribution is 2.21. The van der Waals surface area contributed by atoms with Crippen LogP contribution in [0.5, 0.6) is 0 Å². The molecule has 5 nitrogen and oxygen atoms in total. The molecule has 17 heavy (non-hydrogen) atoms. The van der Waals surface area contributed by atoms with Gasteiger partial charge in [-0.25, -0.2) is 4.98 Å². The molecule has 0 fully saturated rings. The number of aromatic nitrogens is 2. The van der Waals surface area contributed by atoms with Crippen LogP contribution in [0.1, 0.15) is 27.2 Å². The van der Waals surface area contributed by atoms with E-state index in [0.717, 1.165) is 16.8 Å². The maximum absolute atomic E-state index is 9.31. The van der Waals surface area contributed by atoms with E-state index in [9.17, 15) is 5.11 Å². The first-order valence-electron chi connectivity index (χ1n) is 5.74. The van der Waals surface area contributed by atoms with E-state index in [4.69, 9.17) is 0 Å². The maximum atomic E-state index is 9.31. The minimum absolute atomic E-state index is 0.149. The number of hydrogen-bond donors (Lipinski definition) is 3. The van der Waals surface area contributed by atoms with E-state index in [1.54, 1.807) is 13.1 Å². The van der Waals surface area contributed by atoms with Crippen LogP contribution in [0, 0.1) is 0 Å². The second-order valence-electron chi connectivity index (χ2n) is 4.05. The number of rotatable bonds is 6. The van der Waals surface area contributed by atoms with Gasteiger partial charge in [-0.3, -0.25) is 0 Å². The predicted octanol–water partition coefficient (Wildman–Crippen LogP) is 2.24. The third-order valence-electron chi connectivity index (χ3n) is 2.16. The summed E-state index contributed by atoms with van der Waals surface area (Å²) in [6, 6.07) is 0.149. The number of halogens is 1. The lowest BCUT2D eigenvalue weighted by Crippen LogP contribution is -2.21. The zero-order valence-corrected chi connectivity index (χ0v) is 12.0. The summed E-state index contributed by atoms with van der Waals surface area (Å²) in [5.41, 5.74) is 0. The van der Waals surface area contributed by atoms with Crippen molar-refractivity contribution in [1.29, 1.82) is 0 Å². The Labute approximate surface area is 110 Å². The van der Waals surface area contributed by atoms with Crippen molar-refractivity contribution in [3.63, 3.8) is 0 Å². The van der Waals surface area contributed by atoms with Crippen molar-refractivity contribution < 1.29 is 5.11 Å². The number of nitrogens with zero attached hydrogens (tertiary/aromatic N) is 2. The predicted molar refractivity (Wildman–Crippen MR) is 73.3 cm³/mol. The molecule has 0 saturated carbocycles. The number of hydrogen-bond acceptors (Lipinski definition) is 5. The lowest BCUT2D eigenvalue weighted by Gasteiger charge is -2.17. The molecule has 1 rings (SSSR count). The largest absolute Gasteiger partial charge is 0.393 e. The third kappa shape index (κ3) is 4.87. The molecule has 1 aromatic rings. The van der Waals surface area contributed by atoms with Gasteiger partial charge in [0.1, 0.15) is 5.82 Å². The quantitative estimate of drug-likeness (QED) is 0.752. The van der Waals surface area contributed by atoms with E-state index < -0.39 is 0 Å². The summed E-state index contributed by atoms with van der Waals surface area (Å²) < 4.78 is 0.816. The molecule has 0 bridgehead atoms. The number of aliphatic hydroxyl groups is 1. The molecule has 96 valence electrons. The van der Waals surface area contributed by atoms with E-state index in [2.05, 4.69) is 36.5 Å². The van der Waals surface area contributed by atoms with Gasteiger partial charge >= 0.3 is 0 Å². The van der Waals surface area contributed by atoms with Crippen LogP contribution in [0.25, 0.3) is 0 Å². The topological polar surface area (TPSA) is 70.1 Å². The molecule has 1 aromatic heterocycles. The SMILES string of the molecule is CCNc1ncc(Br)c(NC(C)CC(C)O)n1. The number of nitrogens with one attached hydrogen (secondary N) is 2. The molecule has 0 spiro atoms. The highest BCUT2D eigenvalue weighted by Gasteiger charge is 2.10. The Morgan fingerprint density at radius 2 is 2.18 bits per heavy atom. The van der Waals surface area contributed by atoms with Gasteiger partial charge in [-0.1, -0.05) is 0 Å². The first kappa shape index (κ1) is 14.2. The van der Waals surface area contributed by atoms with E-state index in [0.29, 0.717) is 12.4 Å². The van der Waals surface area contributed by atoms with Crippen LogP contribution in [0.4, 0.5) is 11.8 Å². The Balaban J connectivity index is 2.71. The van der Waals surface area contributed by atoms with E-state index in [-0.39, 0.29) is 12.1 Å². The van der Waals surface area contributed by atoms with E-state index >= 15 is 0 Å². The van der Waals surface area contributed by atoms with E-state index in [1.165, 1.54) is 0 Å². The molecule has 0 aliphatic heterocycles. The van der Waals surface area contributed by atoms with Crippen molar-refractivity contribution in [2.45, 2.75) is 39.3 Å². The normalized spacial score (nSPS) is 14.2. The van der Waals surface area contributed by atoms with Gasteiger partial charge in [0.2, 0.25) is 5.95 Å². The van der Waals surface area contributed by atoms with Crippen molar-refractivity contribution >= 4 is 27.7 Å². The molecule has 0 radical (unpaired) electrons. The molecule has 0 aromatic carbocycles. The maximum Gasteiger partial charge on any atom is 0.224 e. The van der Waals surface area contributed by atoms with Crippen molar-refractivity contribution in [3.8, 4) is 0 Å². The van der Waals surface area contributed by atoms with Crippen LogP contribution in [0.2, 0.25) is 0 Å². The van der Waals surface area contributed by atoms with Crippen LogP contribution in [0.3, 0.4) is 0 Å². The molecule has 0 aliphatic carbocycles. The molecule has 0 aliphatic rings. The molecular weight excluding hydrogens is 284 g/mol. The summed E-state index contributed by atoms with van der Waals surface area (Å²) in [4.78, 5) is 8.49. The number of aliphatic hydroxyl groups excluding tert-OH is 1. The zero-order chi connectivity index (χ0) is 12.8. The van der Waals surface area contributed by atoms with Crippen molar-refractivity contribution in [3.05, 3.63) is 10.7 Å². The van der Waals surface area contributed by atoms with Crippen LogP contribution in [-0.2, 0) is 0 Å². The fourth-order valence-corrected chi connectivity index (χ4v) is 1.82. The first-order chi connectivity index (χ1) is 8.02. The highest BCUT2D eigenvalue weighted by atomic mass is 79.9. The van der Waals surface area contributed by atoms with Crippen LogP contribution < -0.4 is 10.6 Å². The average Bonchev–Trinajstić information content (AvgIpc) is 2.22. The molecule has 0 amide bonds. The molecule has 0 saturated heterocycles. The summed E-state index contributed by atoms with van der Waals surface area (Å²) in [6.07, 6.45) is 2.06. The minimum Gasteiger partial charge on any atom is -0.393 e. The lowest BCUT2D eigenvalue weighted by atomic mass is 10.1. The monoisotopic (exact) mass is 302 g/mol. The minimum atomic E-state index is -0.327. The zero-order valence-electron chi connectivity index (χ0n) is 10.4. The van der Waals surface area contributed by atoms with Gasteiger partial charge in [-0.05, 0) is 43.1 Å². The van der Waals surface area contributed by atoms with Crippen LogP contribution in [-0.4, -0.2) is 33.8 Å². The molecular formula is C11H19BrN4O. The summed E-state index contributed by atoms with van der Waals surface area (Å²) in [5.74, 6) is 1.34. The third-order valence-corrected chi connectivity index (χ3v) is 2.74.